The minimum absolute atomic E-state index is 0.871. The second kappa shape index (κ2) is 8.02. The van der Waals surface area contributed by atoms with E-state index in [1.807, 2.05) is 0 Å². The Kier molecular flexibility index (Phi) is 5.54. The summed E-state index contributed by atoms with van der Waals surface area (Å²) in [7, 11) is 0. The van der Waals surface area contributed by atoms with E-state index in [9.17, 15) is 0 Å². The van der Waals surface area contributed by atoms with Crippen LogP contribution in [-0.4, -0.2) is 37.6 Å². The average Bonchev–Trinajstić information content (AvgIpc) is 2.62. The summed E-state index contributed by atoms with van der Waals surface area (Å²) in [5.74, 6) is 0. The number of nitrogens with zero attached hydrogens (tertiary/aromatic N) is 2. The van der Waals surface area contributed by atoms with Gasteiger partial charge in [-0.25, -0.2) is 0 Å². The molecular weight excluding hydrogens is 282 g/mol. The highest BCUT2D eigenvalue weighted by Gasteiger charge is 2.16. The van der Waals surface area contributed by atoms with Gasteiger partial charge in [-0.05, 0) is 42.8 Å². The summed E-state index contributed by atoms with van der Waals surface area (Å²) in [4.78, 5) is 5.05. The van der Waals surface area contributed by atoms with E-state index >= 15 is 0 Å². The molecule has 0 radical (unpaired) electrons. The molecule has 0 atom stereocenters. The quantitative estimate of drug-likeness (QED) is 0.875. The third-order valence-corrected chi connectivity index (χ3v) is 4.48. The lowest BCUT2D eigenvalue weighted by Gasteiger charge is -2.36. The molecule has 1 saturated heterocycles. The molecule has 2 aromatic carbocycles. The van der Waals surface area contributed by atoms with Gasteiger partial charge in [0.15, 0.2) is 0 Å². The van der Waals surface area contributed by atoms with Crippen molar-refractivity contribution in [2.75, 3.05) is 42.9 Å². The van der Waals surface area contributed by atoms with Crippen molar-refractivity contribution in [3.8, 4) is 0 Å². The highest BCUT2D eigenvalue weighted by Crippen LogP contribution is 2.20. The van der Waals surface area contributed by atoms with Crippen molar-refractivity contribution in [3.05, 3.63) is 60.2 Å². The third-order valence-electron chi connectivity index (χ3n) is 4.48. The first-order valence-electron chi connectivity index (χ1n) is 8.70. The van der Waals surface area contributed by atoms with Crippen LogP contribution >= 0.6 is 0 Å². The first-order valence-corrected chi connectivity index (χ1v) is 8.70. The van der Waals surface area contributed by atoms with Gasteiger partial charge >= 0.3 is 0 Å². The number of hydrogen-bond acceptors (Lipinski definition) is 3. The van der Waals surface area contributed by atoms with E-state index in [2.05, 4.69) is 76.6 Å². The molecule has 1 aliphatic rings. The van der Waals surface area contributed by atoms with Crippen LogP contribution < -0.4 is 10.2 Å². The maximum Gasteiger partial charge on any atom is 0.0400 e. The number of benzene rings is 2. The van der Waals surface area contributed by atoms with E-state index in [-0.39, 0.29) is 0 Å². The zero-order valence-electron chi connectivity index (χ0n) is 14.0. The smallest absolute Gasteiger partial charge is 0.0400 e. The Hall–Kier alpha value is -2.00. The van der Waals surface area contributed by atoms with Crippen LogP contribution in [0, 0.1) is 0 Å². The zero-order valence-corrected chi connectivity index (χ0v) is 14.0. The van der Waals surface area contributed by atoms with Crippen molar-refractivity contribution in [2.24, 2.45) is 0 Å². The molecule has 3 rings (SSSR count). The summed E-state index contributed by atoms with van der Waals surface area (Å²) in [6.45, 7) is 9.00. The molecule has 1 aliphatic heterocycles. The van der Waals surface area contributed by atoms with Crippen molar-refractivity contribution in [1.29, 1.82) is 0 Å². The Morgan fingerprint density at radius 2 is 1.57 bits per heavy atom. The largest absolute Gasteiger partial charge is 0.381 e. The van der Waals surface area contributed by atoms with Crippen LogP contribution in [0.2, 0.25) is 0 Å². The minimum Gasteiger partial charge on any atom is -0.381 e. The van der Waals surface area contributed by atoms with Crippen molar-refractivity contribution in [1.82, 2.24) is 4.90 Å². The van der Waals surface area contributed by atoms with Gasteiger partial charge in [0.1, 0.15) is 0 Å². The summed E-state index contributed by atoms with van der Waals surface area (Å²) in [5, 5.41) is 3.49. The van der Waals surface area contributed by atoms with Crippen LogP contribution in [0.3, 0.4) is 0 Å². The predicted octanol–water partition coefficient (Wildman–Crippen LogP) is 3.83. The predicted molar refractivity (Wildman–Crippen MR) is 99.2 cm³/mol. The van der Waals surface area contributed by atoms with Crippen LogP contribution in [0.5, 0.6) is 0 Å². The molecule has 122 valence electrons. The van der Waals surface area contributed by atoms with Crippen molar-refractivity contribution in [2.45, 2.75) is 19.9 Å². The third kappa shape index (κ3) is 4.49. The second-order valence-corrected chi connectivity index (χ2v) is 6.21. The summed E-state index contributed by atoms with van der Waals surface area (Å²) in [5.41, 5.74) is 3.83. The average molecular weight is 309 g/mol. The van der Waals surface area contributed by atoms with Crippen LogP contribution in [0.15, 0.2) is 54.6 Å². The molecule has 0 saturated carbocycles. The number of piperazine rings is 1. The van der Waals surface area contributed by atoms with E-state index in [0.29, 0.717) is 0 Å². The molecule has 3 nitrogen and oxygen atoms in total. The van der Waals surface area contributed by atoms with Gasteiger partial charge in [0.05, 0.1) is 0 Å². The lowest BCUT2D eigenvalue weighted by molar-refractivity contribution is 0.258. The van der Waals surface area contributed by atoms with Crippen molar-refractivity contribution >= 4 is 11.4 Å². The first kappa shape index (κ1) is 15.9. The lowest BCUT2D eigenvalue weighted by Crippen LogP contribution is -2.46. The lowest BCUT2D eigenvalue weighted by atomic mass is 10.2. The Morgan fingerprint density at radius 1 is 0.870 bits per heavy atom. The van der Waals surface area contributed by atoms with E-state index < -0.39 is 0 Å². The van der Waals surface area contributed by atoms with E-state index in [1.165, 1.54) is 43.0 Å². The fourth-order valence-corrected chi connectivity index (χ4v) is 3.14. The van der Waals surface area contributed by atoms with Crippen molar-refractivity contribution in [3.63, 3.8) is 0 Å². The van der Waals surface area contributed by atoms with Crippen LogP contribution in [-0.2, 0) is 6.54 Å². The van der Waals surface area contributed by atoms with E-state index in [0.717, 1.165) is 19.6 Å². The Balaban J connectivity index is 1.51. The van der Waals surface area contributed by atoms with Gasteiger partial charge in [0.25, 0.3) is 0 Å². The standard InChI is InChI=1S/C20H27N3/c1-2-12-22-13-15-23(16-14-22)20-10-8-19(9-11-20)21-17-18-6-4-3-5-7-18/h3-11,21H,2,12-17H2,1H3. The maximum atomic E-state index is 3.49. The minimum atomic E-state index is 0.871. The molecule has 0 bridgehead atoms. The van der Waals surface area contributed by atoms with Crippen molar-refractivity contribution < 1.29 is 0 Å². The van der Waals surface area contributed by atoms with Crippen LogP contribution in [0.4, 0.5) is 11.4 Å². The maximum absolute atomic E-state index is 3.49. The van der Waals surface area contributed by atoms with Gasteiger partial charge in [-0.15, -0.1) is 0 Å². The fourth-order valence-electron chi connectivity index (χ4n) is 3.14. The number of rotatable bonds is 6. The molecule has 0 spiro atoms. The molecule has 1 N–H and O–H groups in total. The molecule has 0 unspecified atom stereocenters. The highest BCUT2D eigenvalue weighted by atomic mass is 15.3. The summed E-state index contributed by atoms with van der Waals surface area (Å²) in [6, 6.07) is 19.4. The van der Waals surface area contributed by atoms with Crippen LogP contribution in [0.1, 0.15) is 18.9 Å². The second-order valence-electron chi connectivity index (χ2n) is 6.21. The zero-order chi connectivity index (χ0) is 15.9. The topological polar surface area (TPSA) is 18.5 Å². The van der Waals surface area contributed by atoms with Crippen LogP contribution in [0.25, 0.3) is 0 Å². The van der Waals surface area contributed by atoms with Gasteiger partial charge in [-0.3, -0.25) is 4.90 Å². The molecular formula is C20H27N3. The van der Waals surface area contributed by atoms with Gasteiger partial charge in [-0.1, -0.05) is 37.3 Å². The summed E-state index contributed by atoms with van der Waals surface area (Å²) in [6.07, 6.45) is 1.25. The first-order chi connectivity index (χ1) is 11.3. The molecule has 1 heterocycles. The van der Waals surface area contributed by atoms with Gasteiger partial charge in [0.2, 0.25) is 0 Å². The molecule has 3 heteroatoms. The Morgan fingerprint density at radius 3 is 2.22 bits per heavy atom. The molecule has 23 heavy (non-hydrogen) atoms. The molecule has 1 fully saturated rings. The summed E-state index contributed by atoms with van der Waals surface area (Å²) < 4.78 is 0. The van der Waals surface area contributed by atoms with Gasteiger partial charge < -0.3 is 10.2 Å². The van der Waals surface area contributed by atoms with E-state index in [1.54, 1.807) is 0 Å². The SMILES string of the molecule is CCCN1CCN(c2ccc(NCc3ccccc3)cc2)CC1. The molecule has 0 aromatic heterocycles. The molecule has 0 aliphatic carbocycles. The Bertz CT molecular complexity index is 572. The van der Waals surface area contributed by atoms with E-state index in [4.69, 9.17) is 0 Å². The monoisotopic (exact) mass is 309 g/mol. The molecule has 0 amide bonds. The van der Waals surface area contributed by atoms with Gasteiger partial charge in [-0.2, -0.15) is 0 Å². The highest BCUT2D eigenvalue weighted by molar-refractivity contribution is 5.55. The normalized spacial score (nSPS) is 15.6. The van der Waals surface area contributed by atoms with Gasteiger partial charge in [0, 0.05) is 44.1 Å². The molecule has 2 aromatic rings. The number of anilines is 2. The Labute approximate surface area is 139 Å². The summed E-state index contributed by atoms with van der Waals surface area (Å²) >= 11 is 0. The fraction of sp³-hybridized carbons (Fsp3) is 0.400. The number of nitrogens with one attached hydrogen (secondary N) is 1. The number of hydrogen-bond donors (Lipinski definition) is 1.